The maximum Gasteiger partial charge on any atom is 0.128 e. The van der Waals surface area contributed by atoms with Crippen molar-refractivity contribution in [3.05, 3.63) is 64.9 Å². The lowest BCUT2D eigenvalue weighted by atomic mass is 10.0. The van der Waals surface area contributed by atoms with Gasteiger partial charge in [0.15, 0.2) is 0 Å². The van der Waals surface area contributed by atoms with Crippen LogP contribution in [0, 0.1) is 11.7 Å². The summed E-state index contributed by atoms with van der Waals surface area (Å²) in [7, 11) is 0. The monoisotopic (exact) mass is 304 g/mol. The molecule has 2 aromatic rings. The molecule has 0 aromatic heterocycles. The first-order valence-electron chi connectivity index (χ1n) is 7.17. The first-order valence-corrected chi connectivity index (χ1v) is 7.55. The van der Waals surface area contributed by atoms with E-state index in [4.69, 9.17) is 11.6 Å². The molecule has 21 heavy (non-hydrogen) atoms. The highest BCUT2D eigenvalue weighted by atomic mass is 35.5. The van der Waals surface area contributed by atoms with Gasteiger partial charge in [-0.2, -0.15) is 0 Å². The number of hydrogen-bond acceptors (Lipinski definition) is 2. The molecular weight excluding hydrogens is 287 g/mol. The molecule has 0 amide bonds. The van der Waals surface area contributed by atoms with Gasteiger partial charge >= 0.3 is 0 Å². The second kappa shape index (κ2) is 6.46. The van der Waals surface area contributed by atoms with Gasteiger partial charge in [0, 0.05) is 48.4 Å². The quantitative estimate of drug-likeness (QED) is 0.906. The number of rotatable bonds is 5. The van der Waals surface area contributed by atoms with Gasteiger partial charge in [0.05, 0.1) is 0 Å². The third-order valence-corrected chi connectivity index (χ3v) is 4.07. The van der Waals surface area contributed by atoms with E-state index in [0.717, 1.165) is 25.3 Å². The summed E-state index contributed by atoms with van der Waals surface area (Å²) in [6.45, 7) is 3.51. The zero-order valence-corrected chi connectivity index (χ0v) is 12.5. The minimum atomic E-state index is -0.156. The van der Waals surface area contributed by atoms with Crippen LogP contribution < -0.4 is 10.2 Å². The van der Waals surface area contributed by atoms with E-state index in [1.54, 1.807) is 6.07 Å². The molecule has 4 heteroatoms. The molecule has 3 rings (SSSR count). The molecule has 0 atom stereocenters. The van der Waals surface area contributed by atoms with Gasteiger partial charge in [-0.25, -0.2) is 4.39 Å². The average molecular weight is 305 g/mol. The lowest BCUT2D eigenvalue weighted by Crippen LogP contribution is -2.48. The van der Waals surface area contributed by atoms with E-state index in [9.17, 15) is 4.39 Å². The smallest absolute Gasteiger partial charge is 0.128 e. The molecule has 0 bridgehead atoms. The molecule has 1 fully saturated rings. The average Bonchev–Trinajstić information content (AvgIpc) is 2.43. The Morgan fingerprint density at radius 1 is 1.14 bits per heavy atom. The first-order chi connectivity index (χ1) is 10.2. The van der Waals surface area contributed by atoms with Crippen molar-refractivity contribution in [2.75, 3.05) is 24.5 Å². The molecule has 1 aliphatic rings. The molecule has 0 aliphatic carbocycles. The summed E-state index contributed by atoms with van der Waals surface area (Å²) in [4.78, 5) is 2.20. The highest BCUT2D eigenvalue weighted by Crippen LogP contribution is 2.24. The summed E-state index contributed by atoms with van der Waals surface area (Å²) < 4.78 is 13.9. The summed E-state index contributed by atoms with van der Waals surface area (Å²) in [5, 5.41) is 3.98. The van der Waals surface area contributed by atoms with Gasteiger partial charge in [0.25, 0.3) is 0 Å². The molecule has 2 nitrogen and oxygen atoms in total. The standard InChI is InChI=1S/C17H18ClFN2/c18-15-5-3-6-16(8-15)21(11-13-9-20-10-13)12-14-4-1-2-7-17(14)19/h1-8,13,20H,9-12H2. The van der Waals surface area contributed by atoms with E-state index in [1.165, 1.54) is 6.07 Å². The molecule has 1 aliphatic heterocycles. The fraction of sp³-hybridized carbons (Fsp3) is 0.294. The molecule has 1 heterocycles. The fourth-order valence-electron chi connectivity index (χ4n) is 2.56. The molecule has 1 N–H and O–H groups in total. The van der Waals surface area contributed by atoms with Crippen LogP contribution in [0.1, 0.15) is 5.56 Å². The number of benzene rings is 2. The van der Waals surface area contributed by atoms with Crippen molar-refractivity contribution in [2.45, 2.75) is 6.54 Å². The van der Waals surface area contributed by atoms with E-state index >= 15 is 0 Å². The van der Waals surface area contributed by atoms with Gasteiger partial charge in [-0.3, -0.25) is 0 Å². The van der Waals surface area contributed by atoms with Crippen LogP contribution in [0.2, 0.25) is 5.02 Å². The van der Waals surface area contributed by atoms with Crippen molar-refractivity contribution in [1.29, 1.82) is 0 Å². The molecule has 0 unspecified atom stereocenters. The van der Waals surface area contributed by atoms with Crippen molar-refractivity contribution in [1.82, 2.24) is 5.32 Å². The summed E-state index contributed by atoms with van der Waals surface area (Å²) >= 11 is 6.09. The minimum Gasteiger partial charge on any atom is -0.367 e. The third-order valence-electron chi connectivity index (χ3n) is 3.84. The Hall–Kier alpha value is -1.58. The Labute approximate surface area is 129 Å². The van der Waals surface area contributed by atoms with Gasteiger partial charge in [0.1, 0.15) is 5.82 Å². The Morgan fingerprint density at radius 2 is 1.95 bits per heavy atom. The number of hydrogen-bond donors (Lipinski definition) is 1. The maximum absolute atomic E-state index is 13.9. The molecular formula is C17H18ClFN2. The summed E-state index contributed by atoms with van der Waals surface area (Å²) in [5.74, 6) is 0.451. The first kappa shape index (κ1) is 14.4. The number of anilines is 1. The van der Waals surface area contributed by atoms with Crippen molar-refractivity contribution in [3.8, 4) is 0 Å². The van der Waals surface area contributed by atoms with Crippen LogP contribution in [0.3, 0.4) is 0 Å². The molecule has 0 spiro atoms. The predicted octanol–water partition coefficient (Wildman–Crippen LogP) is 3.71. The Morgan fingerprint density at radius 3 is 2.62 bits per heavy atom. The molecule has 0 saturated carbocycles. The topological polar surface area (TPSA) is 15.3 Å². The largest absolute Gasteiger partial charge is 0.367 e. The van der Waals surface area contributed by atoms with Crippen molar-refractivity contribution in [3.63, 3.8) is 0 Å². The SMILES string of the molecule is Fc1ccccc1CN(CC1CNC1)c1cccc(Cl)c1. The van der Waals surface area contributed by atoms with Crippen molar-refractivity contribution < 1.29 is 4.39 Å². The van der Waals surface area contributed by atoms with Gasteiger partial charge in [-0.15, -0.1) is 0 Å². The lowest BCUT2D eigenvalue weighted by Gasteiger charge is -2.34. The van der Waals surface area contributed by atoms with Gasteiger partial charge in [-0.1, -0.05) is 35.9 Å². The van der Waals surface area contributed by atoms with Crippen LogP contribution in [0.5, 0.6) is 0 Å². The van der Waals surface area contributed by atoms with E-state index in [-0.39, 0.29) is 5.82 Å². The number of nitrogens with zero attached hydrogens (tertiary/aromatic N) is 1. The Balaban J connectivity index is 1.83. The molecule has 0 radical (unpaired) electrons. The summed E-state index contributed by atoms with van der Waals surface area (Å²) in [6, 6.07) is 14.7. The molecule has 110 valence electrons. The van der Waals surface area contributed by atoms with Crippen LogP contribution in [0.15, 0.2) is 48.5 Å². The van der Waals surface area contributed by atoms with Crippen LogP contribution >= 0.6 is 11.6 Å². The normalized spacial score (nSPS) is 14.8. The molecule has 1 saturated heterocycles. The van der Waals surface area contributed by atoms with Gasteiger partial charge < -0.3 is 10.2 Å². The van der Waals surface area contributed by atoms with Crippen LogP contribution in [-0.2, 0) is 6.54 Å². The summed E-state index contributed by atoms with van der Waals surface area (Å²) in [5.41, 5.74) is 1.75. The van der Waals surface area contributed by atoms with Crippen LogP contribution in [-0.4, -0.2) is 19.6 Å². The van der Waals surface area contributed by atoms with Crippen LogP contribution in [0.25, 0.3) is 0 Å². The fourth-order valence-corrected chi connectivity index (χ4v) is 2.74. The highest BCUT2D eigenvalue weighted by Gasteiger charge is 2.21. The summed E-state index contributed by atoms with van der Waals surface area (Å²) in [6.07, 6.45) is 0. The second-order valence-corrected chi connectivity index (χ2v) is 5.91. The van der Waals surface area contributed by atoms with E-state index in [1.807, 2.05) is 36.4 Å². The Kier molecular flexibility index (Phi) is 4.42. The van der Waals surface area contributed by atoms with Gasteiger partial charge in [-0.05, 0) is 24.3 Å². The predicted molar refractivity (Wildman–Crippen MR) is 85.3 cm³/mol. The maximum atomic E-state index is 13.9. The van der Waals surface area contributed by atoms with E-state index in [2.05, 4.69) is 10.2 Å². The molecule has 2 aromatic carbocycles. The van der Waals surface area contributed by atoms with E-state index < -0.39 is 0 Å². The number of halogens is 2. The zero-order chi connectivity index (χ0) is 14.7. The van der Waals surface area contributed by atoms with Gasteiger partial charge in [0.2, 0.25) is 0 Å². The third kappa shape index (κ3) is 3.55. The Bertz CT molecular complexity index is 613. The zero-order valence-electron chi connectivity index (χ0n) is 11.7. The second-order valence-electron chi connectivity index (χ2n) is 5.48. The highest BCUT2D eigenvalue weighted by molar-refractivity contribution is 6.30. The minimum absolute atomic E-state index is 0.156. The lowest BCUT2D eigenvalue weighted by molar-refractivity contribution is 0.347. The van der Waals surface area contributed by atoms with Crippen LogP contribution in [0.4, 0.5) is 10.1 Å². The van der Waals surface area contributed by atoms with Crippen molar-refractivity contribution >= 4 is 17.3 Å². The van der Waals surface area contributed by atoms with E-state index in [0.29, 0.717) is 23.0 Å². The number of nitrogens with one attached hydrogen (secondary N) is 1. The van der Waals surface area contributed by atoms with Crippen molar-refractivity contribution in [2.24, 2.45) is 5.92 Å².